The van der Waals surface area contributed by atoms with E-state index in [-0.39, 0.29) is 6.04 Å². The zero-order chi connectivity index (χ0) is 16.2. The number of rotatable bonds is 5. The highest BCUT2D eigenvalue weighted by atomic mass is 16.5. The van der Waals surface area contributed by atoms with Crippen molar-refractivity contribution < 1.29 is 9.47 Å². The minimum atomic E-state index is 0.229. The van der Waals surface area contributed by atoms with Crippen molar-refractivity contribution in [2.45, 2.75) is 18.4 Å². The van der Waals surface area contributed by atoms with Crippen LogP contribution in [-0.2, 0) is 0 Å². The third-order valence-corrected chi connectivity index (χ3v) is 3.95. The highest BCUT2D eigenvalue weighted by Gasteiger charge is 2.38. The predicted octanol–water partition coefficient (Wildman–Crippen LogP) is 2.99. The van der Waals surface area contributed by atoms with Gasteiger partial charge in [0, 0.05) is 11.6 Å². The molecule has 5 nitrogen and oxygen atoms in total. The Bertz CT molecular complexity index is 698. The van der Waals surface area contributed by atoms with E-state index in [0.29, 0.717) is 11.9 Å². The van der Waals surface area contributed by atoms with Crippen molar-refractivity contribution in [3.05, 3.63) is 54.1 Å². The molecule has 0 bridgehead atoms. The van der Waals surface area contributed by atoms with Crippen molar-refractivity contribution in [1.82, 2.24) is 0 Å². The van der Waals surface area contributed by atoms with Gasteiger partial charge in [0.1, 0.15) is 11.5 Å². The summed E-state index contributed by atoms with van der Waals surface area (Å²) in [6.07, 6.45) is 1.01. The summed E-state index contributed by atoms with van der Waals surface area (Å²) in [5, 5.41) is 3.11. The highest BCUT2D eigenvalue weighted by molar-refractivity contribution is 5.92. The quantitative estimate of drug-likeness (QED) is 0.658. The average molecular weight is 311 g/mol. The number of anilines is 1. The van der Waals surface area contributed by atoms with Gasteiger partial charge in [-0.3, -0.25) is 0 Å². The Hall–Kier alpha value is -2.69. The van der Waals surface area contributed by atoms with Gasteiger partial charge >= 0.3 is 0 Å². The van der Waals surface area contributed by atoms with E-state index in [1.54, 1.807) is 14.2 Å². The molecule has 2 aromatic rings. The van der Waals surface area contributed by atoms with Crippen molar-refractivity contribution in [1.29, 1.82) is 0 Å². The van der Waals surface area contributed by atoms with Gasteiger partial charge < -0.3 is 20.5 Å². The van der Waals surface area contributed by atoms with E-state index in [2.05, 4.69) is 22.4 Å². The minimum Gasteiger partial charge on any atom is -0.497 e. The monoisotopic (exact) mass is 311 g/mol. The molecule has 23 heavy (non-hydrogen) atoms. The molecule has 0 saturated heterocycles. The topological polar surface area (TPSA) is 68.9 Å². The summed E-state index contributed by atoms with van der Waals surface area (Å²) in [7, 11) is 3.32. The normalized spacial score (nSPS) is 20.0. The molecular formula is C18H21N3O2. The van der Waals surface area contributed by atoms with Gasteiger partial charge in [-0.25, -0.2) is 4.99 Å². The van der Waals surface area contributed by atoms with Crippen molar-refractivity contribution in [3.63, 3.8) is 0 Å². The second-order valence-corrected chi connectivity index (χ2v) is 5.55. The molecule has 3 rings (SSSR count). The van der Waals surface area contributed by atoms with Crippen molar-refractivity contribution in [2.75, 3.05) is 19.5 Å². The SMILES string of the molecule is COc1ccc(NC(N)=N[C@@H]2C[C@H]2c2cccc(OC)c2)cc1. The molecule has 0 spiro atoms. The first-order chi connectivity index (χ1) is 11.2. The molecule has 5 heteroatoms. The van der Waals surface area contributed by atoms with Gasteiger partial charge in [-0.1, -0.05) is 12.1 Å². The molecule has 120 valence electrons. The summed E-state index contributed by atoms with van der Waals surface area (Å²) in [6, 6.07) is 15.9. The van der Waals surface area contributed by atoms with Gasteiger partial charge in [0.25, 0.3) is 0 Å². The van der Waals surface area contributed by atoms with E-state index < -0.39 is 0 Å². The first-order valence-electron chi connectivity index (χ1n) is 7.58. The van der Waals surface area contributed by atoms with E-state index in [4.69, 9.17) is 15.2 Å². The molecule has 0 unspecified atom stereocenters. The average Bonchev–Trinajstić information content (AvgIpc) is 3.34. The number of methoxy groups -OCH3 is 2. The van der Waals surface area contributed by atoms with Gasteiger partial charge in [-0.15, -0.1) is 0 Å². The van der Waals surface area contributed by atoms with Crippen molar-refractivity contribution in [3.8, 4) is 11.5 Å². The molecule has 0 aliphatic heterocycles. The van der Waals surface area contributed by atoms with E-state index >= 15 is 0 Å². The minimum absolute atomic E-state index is 0.229. The number of ether oxygens (including phenoxy) is 2. The van der Waals surface area contributed by atoms with Gasteiger partial charge in [0.15, 0.2) is 5.96 Å². The second-order valence-electron chi connectivity index (χ2n) is 5.55. The Kier molecular flexibility index (Phi) is 4.37. The van der Waals surface area contributed by atoms with Gasteiger partial charge in [-0.2, -0.15) is 0 Å². The number of aliphatic imine (C=N–C) groups is 1. The fourth-order valence-corrected chi connectivity index (χ4v) is 2.59. The zero-order valence-corrected chi connectivity index (χ0v) is 13.3. The zero-order valence-electron chi connectivity index (χ0n) is 13.3. The smallest absolute Gasteiger partial charge is 0.193 e. The van der Waals surface area contributed by atoms with Crippen LogP contribution in [0.25, 0.3) is 0 Å². The third-order valence-electron chi connectivity index (χ3n) is 3.95. The van der Waals surface area contributed by atoms with E-state index in [1.807, 2.05) is 36.4 Å². The Labute approximate surface area is 136 Å². The van der Waals surface area contributed by atoms with Crippen LogP contribution < -0.4 is 20.5 Å². The van der Waals surface area contributed by atoms with Crippen LogP contribution in [0.15, 0.2) is 53.5 Å². The lowest BCUT2D eigenvalue weighted by atomic mass is 10.1. The Morgan fingerprint density at radius 3 is 2.52 bits per heavy atom. The predicted molar refractivity (Wildman–Crippen MR) is 92.4 cm³/mol. The lowest BCUT2D eigenvalue weighted by Gasteiger charge is -2.07. The van der Waals surface area contributed by atoms with Gasteiger partial charge in [0.2, 0.25) is 0 Å². The number of hydrogen-bond acceptors (Lipinski definition) is 3. The number of guanidine groups is 1. The molecule has 3 N–H and O–H groups in total. The summed E-state index contributed by atoms with van der Waals surface area (Å²) >= 11 is 0. The lowest BCUT2D eigenvalue weighted by molar-refractivity contribution is 0.414. The summed E-state index contributed by atoms with van der Waals surface area (Å²) in [6.45, 7) is 0. The molecule has 1 aliphatic rings. The number of nitrogens with one attached hydrogen (secondary N) is 1. The van der Waals surface area contributed by atoms with Gasteiger partial charge in [-0.05, 0) is 48.4 Å². The van der Waals surface area contributed by atoms with E-state index in [0.717, 1.165) is 23.6 Å². The molecule has 0 aromatic heterocycles. The lowest BCUT2D eigenvalue weighted by Crippen LogP contribution is -2.23. The van der Waals surface area contributed by atoms with Crippen LogP contribution in [0.2, 0.25) is 0 Å². The van der Waals surface area contributed by atoms with Crippen LogP contribution >= 0.6 is 0 Å². The molecule has 1 aliphatic carbocycles. The van der Waals surface area contributed by atoms with E-state index in [9.17, 15) is 0 Å². The standard InChI is InChI=1S/C18H21N3O2/c1-22-14-8-6-13(7-9-14)20-18(19)21-17-11-16(17)12-4-3-5-15(10-12)23-2/h3-10,16-17H,11H2,1-2H3,(H3,19,20,21)/t16-,17+/m0/s1. The van der Waals surface area contributed by atoms with Crippen LogP contribution in [0.5, 0.6) is 11.5 Å². The Balaban J connectivity index is 1.61. The highest BCUT2D eigenvalue weighted by Crippen LogP contribution is 2.44. The molecule has 0 amide bonds. The van der Waals surface area contributed by atoms with Crippen molar-refractivity contribution >= 4 is 11.6 Å². The summed E-state index contributed by atoms with van der Waals surface area (Å²) < 4.78 is 10.4. The Morgan fingerprint density at radius 2 is 1.83 bits per heavy atom. The number of benzene rings is 2. The van der Waals surface area contributed by atoms with Crippen LogP contribution in [0, 0.1) is 0 Å². The van der Waals surface area contributed by atoms with Crippen LogP contribution in [-0.4, -0.2) is 26.2 Å². The number of nitrogens with zero attached hydrogens (tertiary/aromatic N) is 1. The molecule has 1 fully saturated rings. The van der Waals surface area contributed by atoms with Crippen LogP contribution in [0.4, 0.5) is 5.69 Å². The molecule has 1 saturated carbocycles. The largest absolute Gasteiger partial charge is 0.497 e. The molecule has 0 radical (unpaired) electrons. The third kappa shape index (κ3) is 3.74. The van der Waals surface area contributed by atoms with Crippen molar-refractivity contribution in [2.24, 2.45) is 10.7 Å². The van der Waals surface area contributed by atoms with E-state index in [1.165, 1.54) is 5.56 Å². The molecule has 2 aromatic carbocycles. The first-order valence-corrected chi connectivity index (χ1v) is 7.58. The number of nitrogens with two attached hydrogens (primary N) is 1. The fraction of sp³-hybridized carbons (Fsp3) is 0.278. The molecule has 0 heterocycles. The fourth-order valence-electron chi connectivity index (χ4n) is 2.59. The first kappa shape index (κ1) is 15.2. The summed E-state index contributed by atoms with van der Waals surface area (Å²) in [4.78, 5) is 4.55. The maximum Gasteiger partial charge on any atom is 0.193 e. The Morgan fingerprint density at radius 1 is 1.09 bits per heavy atom. The van der Waals surface area contributed by atoms with Gasteiger partial charge in [0.05, 0.1) is 20.3 Å². The summed E-state index contributed by atoms with van der Waals surface area (Å²) in [5.74, 6) is 2.54. The van der Waals surface area contributed by atoms with Crippen LogP contribution in [0.1, 0.15) is 17.9 Å². The number of hydrogen-bond donors (Lipinski definition) is 2. The maximum absolute atomic E-state index is 6.00. The van der Waals surface area contributed by atoms with Crippen LogP contribution in [0.3, 0.4) is 0 Å². The molecule has 2 atom stereocenters. The maximum atomic E-state index is 6.00. The molecular weight excluding hydrogens is 290 g/mol. The second kappa shape index (κ2) is 6.60. The summed E-state index contributed by atoms with van der Waals surface area (Å²) in [5.41, 5.74) is 8.14.